The van der Waals surface area contributed by atoms with E-state index in [1.54, 1.807) is 11.9 Å². The lowest BCUT2D eigenvalue weighted by Crippen LogP contribution is -2.63. The summed E-state index contributed by atoms with van der Waals surface area (Å²) in [4.78, 5) is 17.9. The van der Waals surface area contributed by atoms with E-state index in [0.29, 0.717) is 26.2 Å². The van der Waals surface area contributed by atoms with Crippen molar-refractivity contribution in [3.05, 3.63) is 35.4 Å². The van der Waals surface area contributed by atoms with Crippen molar-refractivity contribution in [1.29, 1.82) is 0 Å². The van der Waals surface area contributed by atoms with Gasteiger partial charge in [0.15, 0.2) is 5.96 Å². The average Bonchev–Trinajstić information content (AvgIpc) is 2.57. The van der Waals surface area contributed by atoms with Crippen molar-refractivity contribution in [2.75, 3.05) is 20.1 Å². The molecule has 7 nitrogen and oxygen atoms in total. The highest BCUT2D eigenvalue weighted by Crippen LogP contribution is 2.15. The van der Waals surface area contributed by atoms with Crippen molar-refractivity contribution in [3.63, 3.8) is 0 Å². The summed E-state index contributed by atoms with van der Waals surface area (Å²) in [5.41, 5.74) is 1.86. The lowest BCUT2D eigenvalue weighted by atomic mass is 10.1. The molecule has 1 heterocycles. The van der Waals surface area contributed by atoms with Gasteiger partial charge in [-0.3, -0.25) is 4.99 Å². The summed E-state index contributed by atoms with van der Waals surface area (Å²) in [5.74, 6) is 0.723. The van der Waals surface area contributed by atoms with Crippen LogP contribution in [0.2, 0.25) is 0 Å². The van der Waals surface area contributed by atoms with Crippen LogP contribution in [-0.2, 0) is 22.6 Å². The van der Waals surface area contributed by atoms with E-state index in [4.69, 9.17) is 9.47 Å². The third-order valence-electron chi connectivity index (χ3n) is 4.16. The van der Waals surface area contributed by atoms with E-state index in [-0.39, 0.29) is 18.2 Å². The van der Waals surface area contributed by atoms with Gasteiger partial charge in [-0.25, -0.2) is 4.79 Å². The maximum Gasteiger partial charge on any atom is 0.410 e. The number of guanidine groups is 1. The number of benzene rings is 1. The fourth-order valence-electron chi connectivity index (χ4n) is 2.64. The first kappa shape index (κ1) is 22.0. The van der Waals surface area contributed by atoms with Gasteiger partial charge >= 0.3 is 6.09 Å². The first-order valence-electron chi connectivity index (χ1n) is 9.81. The quantitative estimate of drug-likeness (QED) is 0.577. The molecule has 7 heteroatoms. The number of ether oxygens (including phenoxy) is 2. The summed E-state index contributed by atoms with van der Waals surface area (Å²) >= 11 is 0. The van der Waals surface area contributed by atoms with Crippen LogP contribution in [-0.4, -0.2) is 54.8 Å². The number of likely N-dealkylation sites (tertiary alicyclic amines) is 1. The number of hydrogen-bond donors (Lipinski definition) is 2. The van der Waals surface area contributed by atoms with Crippen LogP contribution in [0.4, 0.5) is 4.79 Å². The molecule has 156 valence electrons. The summed E-state index contributed by atoms with van der Waals surface area (Å²) in [6.45, 7) is 12.2. The van der Waals surface area contributed by atoms with Gasteiger partial charge < -0.3 is 25.0 Å². The molecule has 0 atom stereocenters. The molecule has 0 radical (unpaired) electrons. The number of hydrogen-bond acceptors (Lipinski definition) is 4. The first-order chi connectivity index (χ1) is 13.2. The molecule has 1 aromatic carbocycles. The molecular formula is C21H34N4O3. The Morgan fingerprint density at radius 1 is 1.21 bits per heavy atom. The van der Waals surface area contributed by atoms with Gasteiger partial charge in [0.2, 0.25) is 0 Å². The number of carbonyl (C=O) groups is 1. The zero-order chi connectivity index (χ0) is 20.7. The van der Waals surface area contributed by atoms with Crippen molar-refractivity contribution in [2.24, 2.45) is 4.99 Å². The number of nitrogens with zero attached hydrogens (tertiary/aromatic N) is 2. The second-order valence-electron chi connectivity index (χ2n) is 8.33. The second-order valence-corrected chi connectivity index (χ2v) is 8.33. The predicted molar refractivity (Wildman–Crippen MR) is 111 cm³/mol. The Kier molecular flexibility index (Phi) is 7.69. The van der Waals surface area contributed by atoms with Crippen molar-refractivity contribution in [2.45, 2.75) is 65.5 Å². The van der Waals surface area contributed by atoms with E-state index in [2.05, 4.69) is 39.9 Å². The molecule has 28 heavy (non-hydrogen) atoms. The highest BCUT2D eigenvalue weighted by atomic mass is 16.6. The van der Waals surface area contributed by atoms with Gasteiger partial charge in [0.05, 0.1) is 18.8 Å². The van der Waals surface area contributed by atoms with Crippen molar-refractivity contribution in [3.8, 4) is 0 Å². The van der Waals surface area contributed by atoms with Gasteiger partial charge in [-0.1, -0.05) is 24.3 Å². The topological polar surface area (TPSA) is 75.2 Å². The van der Waals surface area contributed by atoms with Gasteiger partial charge in [0.1, 0.15) is 5.60 Å². The summed E-state index contributed by atoms with van der Waals surface area (Å²) in [5, 5.41) is 6.64. The van der Waals surface area contributed by atoms with E-state index in [9.17, 15) is 4.79 Å². The van der Waals surface area contributed by atoms with Crippen molar-refractivity contribution < 1.29 is 14.3 Å². The SMILES string of the molecule is CN=C(NCc1ccc(COC(C)C)cc1)NC1CN(C(=O)OC(C)(C)C)C1. The Bertz CT molecular complexity index is 659. The molecule has 0 aliphatic carbocycles. The van der Waals surface area contributed by atoms with Gasteiger partial charge in [-0.05, 0) is 45.7 Å². The molecule has 2 N–H and O–H groups in total. The Morgan fingerprint density at radius 3 is 2.36 bits per heavy atom. The minimum absolute atomic E-state index is 0.175. The van der Waals surface area contributed by atoms with Gasteiger partial charge in [-0.2, -0.15) is 0 Å². The van der Waals surface area contributed by atoms with Crippen LogP contribution in [0.25, 0.3) is 0 Å². The first-order valence-corrected chi connectivity index (χ1v) is 9.81. The monoisotopic (exact) mass is 390 g/mol. The fourth-order valence-corrected chi connectivity index (χ4v) is 2.64. The third kappa shape index (κ3) is 7.38. The summed E-state index contributed by atoms with van der Waals surface area (Å²) in [7, 11) is 1.74. The predicted octanol–water partition coefficient (Wildman–Crippen LogP) is 2.90. The Morgan fingerprint density at radius 2 is 1.82 bits per heavy atom. The molecule has 1 aliphatic heterocycles. The van der Waals surface area contributed by atoms with Crippen LogP contribution in [0.15, 0.2) is 29.3 Å². The van der Waals surface area contributed by atoms with Crippen molar-refractivity contribution >= 4 is 12.1 Å². The lowest BCUT2D eigenvalue weighted by molar-refractivity contribution is 0.00701. The molecule has 1 amide bonds. The van der Waals surface area contributed by atoms with Gasteiger partial charge in [0.25, 0.3) is 0 Å². The van der Waals surface area contributed by atoms with Crippen LogP contribution in [0.1, 0.15) is 45.7 Å². The molecular weight excluding hydrogens is 356 g/mol. The number of amides is 1. The Hall–Kier alpha value is -2.28. The Labute approximate surface area is 168 Å². The minimum atomic E-state index is -0.469. The van der Waals surface area contributed by atoms with Crippen molar-refractivity contribution in [1.82, 2.24) is 15.5 Å². The van der Waals surface area contributed by atoms with Crippen LogP contribution >= 0.6 is 0 Å². The number of carbonyl (C=O) groups excluding carboxylic acids is 1. The highest BCUT2D eigenvalue weighted by molar-refractivity contribution is 5.80. The van der Waals surface area contributed by atoms with Gasteiger partial charge in [-0.15, -0.1) is 0 Å². The zero-order valence-electron chi connectivity index (χ0n) is 17.9. The largest absolute Gasteiger partial charge is 0.444 e. The maximum atomic E-state index is 12.0. The molecule has 0 spiro atoms. The number of aliphatic imine (C=N–C) groups is 1. The van der Waals surface area contributed by atoms with Crippen LogP contribution in [0.3, 0.4) is 0 Å². The van der Waals surface area contributed by atoms with E-state index in [1.807, 2.05) is 34.6 Å². The summed E-state index contributed by atoms with van der Waals surface area (Å²) in [6, 6.07) is 8.52. The molecule has 1 fully saturated rings. The number of nitrogens with one attached hydrogen (secondary N) is 2. The normalized spacial score (nSPS) is 15.4. The molecule has 1 saturated heterocycles. The zero-order valence-corrected chi connectivity index (χ0v) is 17.9. The molecule has 1 aliphatic rings. The van der Waals surface area contributed by atoms with E-state index >= 15 is 0 Å². The fraction of sp³-hybridized carbons (Fsp3) is 0.619. The lowest BCUT2D eigenvalue weighted by Gasteiger charge is -2.40. The second kappa shape index (κ2) is 9.78. The van der Waals surface area contributed by atoms with Crippen LogP contribution in [0.5, 0.6) is 0 Å². The molecule has 1 aromatic rings. The maximum absolute atomic E-state index is 12.0. The molecule has 0 bridgehead atoms. The van der Waals surface area contributed by atoms with E-state index in [1.165, 1.54) is 5.56 Å². The molecule has 0 aromatic heterocycles. The highest BCUT2D eigenvalue weighted by Gasteiger charge is 2.34. The average molecular weight is 391 g/mol. The minimum Gasteiger partial charge on any atom is -0.444 e. The van der Waals surface area contributed by atoms with E-state index in [0.717, 1.165) is 11.5 Å². The summed E-state index contributed by atoms with van der Waals surface area (Å²) < 4.78 is 11.0. The molecule has 0 unspecified atom stereocenters. The molecule has 0 saturated carbocycles. The van der Waals surface area contributed by atoms with Crippen LogP contribution in [0, 0.1) is 0 Å². The number of rotatable bonds is 6. The smallest absolute Gasteiger partial charge is 0.410 e. The molecule has 2 rings (SSSR count). The van der Waals surface area contributed by atoms with Gasteiger partial charge in [0, 0.05) is 26.7 Å². The standard InChI is InChI=1S/C21H34N4O3/c1-15(2)27-14-17-9-7-16(8-10-17)11-23-19(22-6)24-18-12-25(13-18)20(26)28-21(3,4)5/h7-10,15,18H,11-14H2,1-6H3,(H2,22,23,24). The van der Waals surface area contributed by atoms with E-state index < -0.39 is 5.60 Å². The Balaban J connectivity index is 1.72. The third-order valence-corrected chi connectivity index (χ3v) is 4.16. The van der Waals surface area contributed by atoms with Crippen LogP contribution < -0.4 is 10.6 Å². The summed E-state index contributed by atoms with van der Waals surface area (Å²) in [6.07, 6.45) is -0.0384.